The maximum Gasteiger partial charge on any atom is 0.181 e. The Labute approximate surface area is 89.4 Å². The lowest BCUT2D eigenvalue weighted by molar-refractivity contribution is -0.678. The summed E-state index contributed by atoms with van der Waals surface area (Å²) in [6.07, 6.45) is 1.92. The molecule has 0 aliphatic heterocycles. The number of hydrogen-bond donors (Lipinski definition) is 0. The monoisotopic (exact) mass is 243 g/mol. The molecule has 0 N–H and O–H groups in total. The fourth-order valence-electron chi connectivity index (χ4n) is 1.26. The van der Waals surface area contributed by atoms with Crippen LogP contribution in [0.15, 0.2) is 12.3 Å². The molecule has 0 fully saturated rings. The Morgan fingerprint density at radius 3 is 2.38 bits per heavy atom. The lowest BCUT2D eigenvalue weighted by Crippen LogP contribution is -3.00. The number of rotatable bonds is 1. The van der Waals surface area contributed by atoms with Gasteiger partial charge in [-0.2, -0.15) is 0 Å². The van der Waals surface area contributed by atoms with Crippen molar-refractivity contribution in [2.45, 2.75) is 20.8 Å². The maximum absolute atomic E-state index is 11.1. The van der Waals surface area contributed by atoms with E-state index in [0.717, 1.165) is 16.8 Å². The highest BCUT2D eigenvalue weighted by molar-refractivity contribution is 5.95. The second-order valence-electron chi connectivity index (χ2n) is 3.11. The molecule has 0 bridgehead atoms. The van der Waals surface area contributed by atoms with Crippen LogP contribution in [-0.4, -0.2) is 5.78 Å². The van der Waals surface area contributed by atoms with Crippen molar-refractivity contribution in [2.75, 3.05) is 0 Å². The van der Waals surface area contributed by atoms with Gasteiger partial charge in [-0.3, -0.25) is 4.79 Å². The number of Topliss-reactive ketones (excluding diaryl/α,β-unsaturated/α-hetero) is 1. The van der Waals surface area contributed by atoms with E-state index < -0.39 is 0 Å². The predicted molar refractivity (Wildman–Crippen MR) is 47.1 cm³/mol. The van der Waals surface area contributed by atoms with E-state index in [-0.39, 0.29) is 22.8 Å². The van der Waals surface area contributed by atoms with Crippen LogP contribution in [0.3, 0.4) is 0 Å². The van der Waals surface area contributed by atoms with Gasteiger partial charge in [0.25, 0.3) is 0 Å². The van der Waals surface area contributed by atoms with Gasteiger partial charge >= 0.3 is 0 Å². The predicted octanol–water partition coefficient (Wildman–Crippen LogP) is -1.67. The summed E-state index contributed by atoms with van der Waals surface area (Å²) in [5.74, 6) is 0.135. The van der Waals surface area contributed by atoms with Crippen molar-refractivity contribution in [1.29, 1.82) is 0 Å². The first-order valence-electron chi connectivity index (χ1n) is 4.01. The molecule has 1 rings (SSSR count). The first-order valence-corrected chi connectivity index (χ1v) is 4.01. The largest absolute Gasteiger partial charge is 1.00 e. The van der Waals surface area contributed by atoms with Gasteiger partial charge in [-0.15, -0.1) is 0 Å². The van der Waals surface area contributed by atoms with Gasteiger partial charge in [0.05, 0.1) is 0 Å². The van der Waals surface area contributed by atoms with E-state index in [4.69, 9.17) is 0 Å². The van der Waals surface area contributed by atoms with E-state index in [9.17, 15) is 4.79 Å². The fourth-order valence-corrected chi connectivity index (χ4v) is 1.26. The van der Waals surface area contributed by atoms with Crippen LogP contribution >= 0.6 is 0 Å². The van der Waals surface area contributed by atoms with Gasteiger partial charge in [0.1, 0.15) is 7.05 Å². The standard InChI is InChI=1S/C10H14NO.BrH/c1-7-8(2)11(4)6-5-10(7)9(3)12;/h5-6H,1-4H3;1H/q+1;/p-1. The number of aryl methyl sites for hydroxylation is 1. The molecule has 13 heavy (non-hydrogen) atoms. The summed E-state index contributed by atoms with van der Waals surface area (Å²) in [6, 6.07) is 1.87. The molecule has 0 saturated carbocycles. The van der Waals surface area contributed by atoms with E-state index in [0.29, 0.717) is 0 Å². The molecule has 0 spiro atoms. The first-order chi connectivity index (χ1) is 5.54. The van der Waals surface area contributed by atoms with Gasteiger partial charge in [0.15, 0.2) is 17.7 Å². The van der Waals surface area contributed by atoms with Crippen molar-refractivity contribution < 1.29 is 26.3 Å². The lowest BCUT2D eigenvalue weighted by Gasteiger charge is -2.02. The Kier molecular flexibility index (Phi) is 4.27. The molecule has 0 aromatic carbocycles. The summed E-state index contributed by atoms with van der Waals surface area (Å²) in [6.45, 7) is 5.59. The normalized spacial score (nSPS) is 9.23. The van der Waals surface area contributed by atoms with Crippen LogP contribution in [-0.2, 0) is 7.05 Å². The molecule has 1 aromatic rings. The molecule has 1 heterocycles. The molecule has 3 heteroatoms. The minimum absolute atomic E-state index is 0. The molecular formula is C10H14BrNO. The lowest BCUT2D eigenvalue weighted by atomic mass is 10.1. The average molecular weight is 244 g/mol. The quantitative estimate of drug-likeness (QED) is 0.427. The van der Waals surface area contributed by atoms with Gasteiger partial charge in [0, 0.05) is 24.1 Å². The zero-order valence-corrected chi connectivity index (χ0v) is 9.97. The number of nitrogens with zero attached hydrogens (tertiary/aromatic N) is 1. The van der Waals surface area contributed by atoms with Crippen LogP contribution in [0.5, 0.6) is 0 Å². The van der Waals surface area contributed by atoms with Gasteiger partial charge in [-0.25, -0.2) is 4.57 Å². The zero-order chi connectivity index (χ0) is 9.30. The van der Waals surface area contributed by atoms with Crippen LogP contribution in [0, 0.1) is 13.8 Å². The topological polar surface area (TPSA) is 20.9 Å². The van der Waals surface area contributed by atoms with Crippen molar-refractivity contribution in [3.05, 3.63) is 29.1 Å². The summed E-state index contributed by atoms with van der Waals surface area (Å²) in [5.41, 5.74) is 3.04. The first kappa shape index (κ1) is 12.3. The maximum atomic E-state index is 11.1. The Morgan fingerprint density at radius 1 is 1.38 bits per heavy atom. The Balaban J connectivity index is 0.00000144. The molecule has 0 aliphatic carbocycles. The van der Waals surface area contributed by atoms with Gasteiger partial charge in [0.2, 0.25) is 0 Å². The molecule has 1 aromatic heterocycles. The molecule has 0 aliphatic rings. The van der Waals surface area contributed by atoms with Crippen molar-refractivity contribution in [3.63, 3.8) is 0 Å². The third kappa shape index (κ3) is 2.37. The molecule has 0 saturated heterocycles. The minimum atomic E-state index is 0. The van der Waals surface area contributed by atoms with E-state index >= 15 is 0 Å². The van der Waals surface area contributed by atoms with Gasteiger partial charge in [-0.1, -0.05) is 0 Å². The van der Waals surface area contributed by atoms with Gasteiger partial charge in [-0.05, 0) is 13.8 Å². The third-order valence-corrected chi connectivity index (χ3v) is 2.32. The van der Waals surface area contributed by atoms with Crippen LogP contribution in [0.25, 0.3) is 0 Å². The van der Waals surface area contributed by atoms with Crippen LogP contribution in [0.2, 0.25) is 0 Å². The number of aromatic nitrogens is 1. The minimum Gasteiger partial charge on any atom is -1.00 e. The summed E-state index contributed by atoms with van der Waals surface area (Å²) in [4.78, 5) is 11.1. The molecular weight excluding hydrogens is 230 g/mol. The molecule has 2 nitrogen and oxygen atoms in total. The highest BCUT2D eigenvalue weighted by atomic mass is 79.9. The molecule has 0 atom stereocenters. The SMILES string of the molecule is CC(=O)c1cc[n+](C)c(C)c1C.[Br-]. The number of carbonyl (C=O) groups excluding carboxylic acids is 1. The summed E-state index contributed by atoms with van der Waals surface area (Å²) in [7, 11) is 1.98. The Bertz CT molecular complexity index is 334. The van der Waals surface area contributed by atoms with E-state index in [1.54, 1.807) is 6.92 Å². The number of halogens is 1. The van der Waals surface area contributed by atoms with Crippen molar-refractivity contribution >= 4 is 5.78 Å². The number of carbonyl (C=O) groups is 1. The number of pyridine rings is 1. The third-order valence-electron chi connectivity index (χ3n) is 2.32. The highest BCUT2D eigenvalue weighted by Gasteiger charge is 2.11. The fraction of sp³-hybridized carbons (Fsp3) is 0.400. The van der Waals surface area contributed by atoms with Gasteiger partial charge < -0.3 is 17.0 Å². The second-order valence-corrected chi connectivity index (χ2v) is 3.11. The van der Waals surface area contributed by atoms with Crippen LogP contribution in [0.4, 0.5) is 0 Å². The van der Waals surface area contributed by atoms with Crippen LogP contribution in [0.1, 0.15) is 28.5 Å². The summed E-state index contributed by atoms with van der Waals surface area (Å²) < 4.78 is 2.02. The van der Waals surface area contributed by atoms with Crippen molar-refractivity contribution in [1.82, 2.24) is 0 Å². The molecule has 0 unspecified atom stereocenters. The van der Waals surface area contributed by atoms with Crippen molar-refractivity contribution in [3.8, 4) is 0 Å². The average Bonchev–Trinajstić information content (AvgIpc) is 2.00. The number of ketones is 1. The van der Waals surface area contributed by atoms with E-state index in [1.807, 2.05) is 37.7 Å². The van der Waals surface area contributed by atoms with E-state index in [2.05, 4.69) is 0 Å². The Morgan fingerprint density at radius 2 is 1.92 bits per heavy atom. The van der Waals surface area contributed by atoms with Crippen LogP contribution < -0.4 is 21.5 Å². The molecule has 0 amide bonds. The van der Waals surface area contributed by atoms with E-state index in [1.165, 1.54) is 0 Å². The zero-order valence-electron chi connectivity index (χ0n) is 8.39. The van der Waals surface area contributed by atoms with Crippen molar-refractivity contribution in [2.24, 2.45) is 7.05 Å². The molecule has 0 radical (unpaired) electrons. The molecule has 72 valence electrons. The Hall–Kier alpha value is -0.700. The number of hydrogen-bond acceptors (Lipinski definition) is 1. The smallest absolute Gasteiger partial charge is 0.181 e. The highest BCUT2D eigenvalue weighted by Crippen LogP contribution is 2.08. The summed E-state index contributed by atoms with van der Waals surface area (Å²) in [5, 5.41) is 0. The second kappa shape index (κ2) is 4.51. The summed E-state index contributed by atoms with van der Waals surface area (Å²) >= 11 is 0.